The molecule has 0 N–H and O–H groups in total. The van der Waals surface area contributed by atoms with Crippen LogP contribution in [0.25, 0.3) is 0 Å². The van der Waals surface area contributed by atoms with Gasteiger partial charge in [-0.05, 0) is 43.4 Å². The SMILES string of the molecule is COC(=O)C1CCCCN1C(=O)CCc1ccc(OC)cc1. The Bertz CT molecular complexity index is 512. The maximum atomic E-state index is 12.4. The van der Waals surface area contributed by atoms with Crippen molar-refractivity contribution in [1.29, 1.82) is 0 Å². The fraction of sp³-hybridized carbons (Fsp3) is 0.529. The van der Waals surface area contributed by atoms with Gasteiger partial charge in [-0.25, -0.2) is 4.79 Å². The number of nitrogens with zero attached hydrogens (tertiary/aromatic N) is 1. The lowest BCUT2D eigenvalue weighted by molar-refractivity contribution is -0.154. The van der Waals surface area contributed by atoms with Crippen LogP contribution in [0.1, 0.15) is 31.2 Å². The van der Waals surface area contributed by atoms with Crippen molar-refractivity contribution in [2.45, 2.75) is 38.1 Å². The Kier molecular flexibility index (Phi) is 5.81. The Morgan fingerprint density at radius 1 is 1.18 bits per heavy atom. The molecule has 0 saturated carbocycles. The molecule has 1 aliphatic rings. The third kappa shape index (κ3) is 4.00. The molecule has 1 heterocycles. The number of benzene rings is 1. The van der Waals surface area contributed by atoms with Crippen molar-refractivity contribution in [2.75, 3.05) is 20.8 Å². The lowest BCUT2D eigenvalue weighted by Crippen LogP contribution is -2.48. The maximum Gasteiger partial charge on any atom is 0.328 e. The summed E-state index contributed by atoms with van der Waals surface area (Å²) < 4.78 is 9.93. The van der Waals surface area contributed by atoms with E-state index in [0.717, 1.165) is 24.2 Å². The van der Waals surface area contributed by atoms with Crippen molar-refractivity contribution in [1.82, 2.24) is 4.90 Å². The summed E-state index contributed by atoms with van der Waals surface area (Å²) in [4.78, 5) is 25.9. The first kappa shape index (κ1) is 16.3. The van der Waals surface area contributed by atoms with Gasteiger partial charge in [-0.2, -0.15) is 0 Å². The van der Waals surface area contributed by atoms with Gasteiger partial charge in [0.05, 0.1) is 14.2 Å². The summed E-state index contributed by atoms with van der Waals surface area (Å²) in [6.07, 6.45) is 3.66. The highest BCUT2D eigenvalue weighted by Gasteiger charge is 2.32. The molecule has 0 aromatic heterocycles. The van der Waals surface area contributed by atoms with Gasteiger partial charge in [0.1, 0.15) is 11.8 Å². The van der Waals surface area contributed by atoms with Crippen molar-refractivity contribution in [3.05, 3.63) is 29.8 Å². The Labute approximate surface area is 131 Å². The van der Waals surface area contributed by atoms with Gasteiger partial charge < -0.3 is 14.4 Å². The number of aryl methyl sites for hydroxylation is 1. The summed E-state index contributed by atoms with van der Waals surface area (Å²) in [5.74, 6) is 0.514. The first-order valence-electron chi connectivity index (χ1n) is 7.66. The second-order valence-electron chi connectivity index (χ2n) is 5.47. The molecule has 0 radical (unpaired) electrons. The molecule has 22 heavy (non-hydrogen) atoms. The Morgan fingerprint density at radius 2 is 1.91 bits per heavy atom. The second-order valence-corrected chi connectivity index (χ2v) is 5.47. The fourth-order valence-electron chi connectivity index (χ4n) is 2.80. The van der Waals surface area contributed by atoms with E-state index in [1.54, 1.807) is 12.0 Å². The molecule has 120 valence electrons. The summed E-state index contributed by atoms with van der Waals surface area (Å²) in [7, 11) is 3.00. The molecule has 0 spiro atoms. The van der Waals surface area contributed by atoms with Crippen LogP contribution in [0.5, 0.6) is 5.75 Å². The number of esters is 1. The predicted molar refractivity (Wildman–Crippen MR) is 82.7 cm³/mol. The number of carbonyl (C=O) groups excluding carboxylic acids is 2. The van der Waals surface area contributed by atoms with E-state index in [2.05, 4.69) is 0 Å². The zero-order valence-corrected chi connectivity index (χ0v) is 13.2. The molecule has 1 fully saturated rings. The highest BCUT2D eigenvalue weighted by molar-refractivity contribution is 5.84. The number of rotatable bonds is 5. The molecule has 1 atom stereocenters. The van der Waals surface area contributed by atoms with Gasteiger partial charge in [0, 0.05) is 13.0 Å². The van der Waals surface area contributed by atoms with Gasteiger partial charge in [-0.1, -0.05) is 12.1 Å². The van der Waals surface area contributed by atoms with Crippen molar-refractivity contribution in [2.24, 2.45) is 0 Å². The summed E-state index contributed by atoms with van der Waals surface area (Å²) in [5.41, 5.74) is 1.08. The summed E-state index contributed by atoms with van der Waals surface area (Å²) in [5, 5.41) is 0. The molecule has 1 saturated heterocycles. The average molecular weight is 305 g/mol. The lowest BCUT2D eigenvalue weighted by atomic mass is 10.0. The zero-order valence-electron chi connectivity index (χ0n) is 13.2. The molecule has 2 rings (SSSR count). The largest absolute Gasteiger partial charge is 0.497 e. The number of hydrogen-bond acceptors (Lipinski definition) is 4. The van der Waals surface area contributed by atoms with E-state index in [-0.39, 0.29) is 11.9 Å². The minimum absolute atomic E-state index is 0.0194. The van der Waals surface area contributed by atoms with E-state index in [1.165, 1.54) is 7.11 Å². The van der Waals surface area contributed by atoms with Crippen molar-refractivity contribution in [3.63, 3.8) is 0 Å². The number of ether oxygens (including phenoxy) is 2. The van der Waals surface area contributed by atoms with Crippen LogP contribution in [0.15, 0.2) is 24.3 Å². The summed E-state index contributed by atoms with van der Waals surface area (Å²) >= 11 is 0. The molecule has 0 bridgehead atoms. The van der Waals surface area contributed by atoms with Gasteiger partial charge in [-0.15, -0.1) is 0 Å². The lowest BCUT2D eigenvalue weighted by Gasteiger charge is -2.33. The van der Waals surface area contributed by atoms with Gasteiger partial charge >= 0.3 is 5.97 Å². The third-order valence-corrected chi connectivity index (χ3v) is 4.08. The molecule has 1 aromatic carbocycles. The third-order valence-electron chi connectivity index (χ3n) is 4.08. The molecule has 0 aliphatic carbocycles. The number of likely N-dealkylation sites (tertiary alicyclic amines) is 1. The van der Waals surface area contributed by atoms with E-state index in [0.29, 0.717) is 25.8 Å². The normalized spacial score (nSPS) is 17.9. The first-order chi connectivity index (χ1) is 10.7. The van der Waals surface area contributed by atoms with Crippen LogP contribution in [-0.2, 0) is 20.7 Å². The van der Waals surface area contributed by atoms with Crippen molar-refractivity contribution in [3.8, 4) is 5.75 Å². The number of piperidine rings is 1. The Balaban J connectivity index is 1.93. The number of carbonyl (C=O) groups is 2. The fourth-order valence-corrected chi connectivity index (χ4v) is 2.80. The molecule has 5 nitrogen and oxygen atoms in total. The van der Waals surface area contributed by atoms with Crippen LogP contribution in [0.2, 0.25) is 0 Å². The zero-order chi connectivity index (χ0) is 15.9. The van der Waals surface area contributed by atoms with E-state index in [9.17, 15) is 9.59 Å². The van der Waals surface area contributed by atoms with Crippen LogP contribution in [-0.4, -0.2) is 43.6 Å². The average Bonchev–Trinajstić information content (AvgIpc) is 2.59. The molecule has 1 unspecified atom stereocenters. The minimum atomic E-state index is -0.415. The van der Waals surface area contributed by atoms with Crippen molar-refractivity contribution < 1.29 is 19.1 Å². The first-order valence-corrected chi connectivity index (χ1v) is 7.66. The monoisotopic (exact) mass is 305 g/mol. The summed E-state index contributed by atoms with van der Waals surface area (Å²) in [6, 6.07) is 7.28. The highest BCUT2D eigenvalue weighted by atomic mass is 16.5. The second kappa shape index (κ2) is 7.82. The van der Waals surface area contributed by atoms with E-state index in [4.69, 9.17) is 9.47 Å². The van der Waals surface area contributed by atoms with Crippen LogP contribution in [0.3, 0.4) is 0 Å². The number of methoxy groups -OCH3 is 2. The standard InChI is InChI=1S/C17H23NO4/c1-21-14-9-6-13(7-10-14)8-11-16(19)18-12-4-3-5-15(18)17(20)22-2/h6-7,9-10,15H,3-5,8,11-12H2,1-2H3. The van der Waals surface area contributed by atoms with Gasteiger partial charge in [0.15, 0.2) is 0 Å². The number of hydrogen-bond donors (Lipinski definition) is 0. The molecule has 1 aliphatic heterocycles. The van der Waals surface area contributed by atoms with Gasteiger partial charge in [0.2, 0.25) is 5.91 Å². The molecule has 1 amide bonds. The Morgan fingerprint density at radius 3 is 2.55 bits per heavy atom. The molecular weight excluding hydrogens is 282 g/mol. The smallest absolute Gasteiger partial charge is 0.328 e. The Hall–Kier alpha value is -2.04. The molecular formula is C17H23NO4. The minimum Gasteiger partial charge on any atom is -0.497 e. The topological polar surface area (TPSA) is 55.8 Å². The molecule has 1 aromatic rings. The molecule has 5 heteroatoms. The van der Waals surface area contributed by atoms with Crippen LogP contribution >= 0.6 is 0 Å². The quantitative estimate of drug-likeness (QED) is 0.782. The van der Waals surface area contributed by atoms with E-state index >= 15 is 0 Å². The van der Waals surface area contributed by atoms with Gasteiger partial charge in [0.25, 0.3) is 0 Å². The van der Waals surface area contributed by atoms with Crippen LogP contribution in [0, 0.1) is 0 Å². The van der Waals surface area contributed by atoms with Gasteiger partial charge in [-0.3, -0.25) is 4.79 Å². The predicted octanol–water partition coefficient (Wildman–Crippen LogP) is 2.18. The summed E-state index contributed by atoms with van der Waals surface area (Å²) in [6.45, 7) is 0.640. The van der Waals surface area contributed by atoms with Crippen LogP contribution in [0.4, 0.5) is 0 Å². The highest BCUT2D eigenvalue weighted by Crippen LogP contribution is 2.20. The maximum absolute atomic E-state index is 12.4. The van der Waals surface area contributed by atoms with Crippen LogP contribution < -0.4 is 4.74 Å². The number of amides is 1. The van der Waals surface area contributed by atoms with E-state index in [1.807, 2.05) is 24.3 Å². The van der Waals surface area contributed by atoms with E-state index < -0.39 is 6.04 Å². The van der Waals surface area contributed by atoms with Crippen molar-refractivity contribution >= 4 is 11.9 Å².